The van der Waals surface area contributed by atoms with Crippen molar-refractivity contribution in [1.29, 1.82) is 0 Å². The monoisotopic (exact) mass is 444 g/mol. The largest absolute Gasteiger partial charge is 0.360 e. The molecule has 168 valence electrons. The third kappa shape index (κ3) is 4.90. The highest BCUT2D eigenvalue weighted by Gasteiger charge is 2.31. The molecule has 7 heteroatoms. The number of piperidine rings is 2. The Hall–Kier alpha value is -2.05. The maximum Gasteiger partial charge on any atom is 0.254 e. The molecule has 0 unspecified atom stereocenters. The summed E-state index contributed by atoms with van der Waals surface area (Å²) in [5.41, 5.74) is 1.40. The summed E-state index contributed by atoms with van der Waals surface area (Å²) in [6.45, 7) is 6.57. The highest BCUT2D eigenvalue weighted by molar-refractivity contribution is 6.35. The third-order valence-electron chi connectivity index (χ3n) is 7.20. The Balaban J connectivity index is 1.32. The van der Waals surface area contributed by atoms with E-state index < -0.39 is 0 Å². The fourth-order valence-corrected chi connectivity index (χ4v) is 5.34. The molecular weight excluding hydrogens is 412 g/mol. The van der Waals surface area contributed by atoms with Gasteiger partial charge in [-0.15, -0.1) is 0 Å². The van der Waals surface area contributed by atoms with E-state index >= 15 is 0 Å². The lowest BCUT2D eigenvalue weighted by atomic mass is 9.79. The van der Waals surface area contributed by atoms with Crippen molar-refractivity contribution in [2.45, 2.75) is 32.6 Å². The summed E-state index contributed by atoms with van der Waals surface area (Å²) in [6.07, 6.45) is 6.46. The number of likely N-dealkylation sites (tertiary alicyclic amines) is 2. The van der Waals surface area contributed by atoms with Crippen molar-refractivity contribution < 1.29 is 9.59 Å². The molecule has 0 aliphatic carbocycles. The average Bonchev–Trinajstić information content (AvgIpc) is 3.17. The summed E-state index contributed by atoms with van der Waals surface area (Å²) in [6, 6.07) is 5.44. The van der Waals surface area contributed by atoms with Gasteiger partial charge < -0.3 is 19.7 Å². The predicted molar refractivity (Wildman–Crippen MR) is 124 cm³/mol. The number of likely N-dealkylation sites (N-methyl/N-ethyl adjacent to an activating group) is 1. The first-order valence-electron chi connectivity index (χ1n) is 11.5. The van der Waals surface area contributed by atoms with E-state index in [0.717, 1.165) is 48.7 Å². The zero-order valence-corrected chi connectivity index (χ0v) is 19.3. The minimum absolute atomic E-state index is 0.0565. The van der Waals surface area contributed by atoms with E-state index in [1.165, 1.54) is 25.9 Å². The lowest BCUT2D eigenvalue weighted by Gasteiger charge is -2.39. The van der Waals surface area contributed by atoms with Gasteiger partial charge in [-0.05, 0) is 76.7 Å². The van der Waals surface area contributed by atoms with Gasteiger partial charge in [-0.1, -0.05) is 17.7 Å². The Bertz CT molecular complexity index is 927. The first kappa shape index (κ1) is 22.2. The highest BCUT2D eigenvalue weighted by Crippen LogP contribution is 2.32. The predicted octanol–water partition coefficient (Wildman–Crippen LogP) is 3.86. The van der Waals surface area contributed by atoms with E-state index in [1.54, 1.807) is 17.2 Å². The van der Waals surface area contributed by atoms with E-state index in [2.05, 4.69) is 16.9 Å². The standard InChI is InChI=1S/C24H33ClN4O2/c1-3-28(24(31)19-4-5-20-21(25)15-26-22(20)14-19)16-23(30)29-12-8-18(9-13-29)17-6-10-27(2)11-7-17/h4-5,14-15,17-18,26H,3,6-13,16H2,1-2H3. The quantitative estimate of drug-likeness (QED) is 0.761. The van der Waals surface area contributed by atoms with E-state index in [9.17, 15) is 9.59 Å². The van der Waals surface area contributed by atoms with Gasteiger partial charge >= 0.3 is 0 Å². The number of hydrogen-bond donors (Lipinski definition) is 1. The number of rotatable bonds is 5. The number of amides is 2. The Morgan fingerprint density at radius 3 is 2.39 bits per heavy atom. The maximum absolute atomic E-state index is 13.0. The molecule has 0 atom stereocenters. The van der Waals surface area contributed by atoms with Crippen LogP contribution in [0.2, 0.25) is 5.02 Å². The molecule has 3 heterocycles. The van der Waals surface area contributed by atoms with Crippen LogP contribution in [0.25, 0.3) is 10.9 Å². The molecule has 1 N–H and O–H groups in total. The van der Waals surface area contributed by atoms with Gasteiger partial charge in [0.1, 0.15) is 6.54 Å². The lowest BCUT2D eigenvalue weighted by molar-refractivity contribution is -0.133. The number of nitrogens with zero attached hydrogens (tertiary/aromatic N) is 3. The van der Waals surface area contributed by atoms with Gasteiger partial charge in [-0.3, -0.25) is 9.59 Å². The summed E-state index contributed by atoms with van der Waals surface area (Å²) >= 11 is 6.14. The number of carbonyl (C=O) groups is 2. The second kappa shape index (κ2) is 9.61. The highest BCUT2D eigenvalue weighted by atomic mass is 35.5. The van der Waals surface area contributed by atoms with Crippen molar-refractivity contribution in [1.82, 2.24) is 19.7 Å². The molecule has 2 fully saturated rings. The minimum atomic E-state index is -0.121. The summed E-state index contributed by atoms with van der Waals surface area (Å²) < 4.78 is 0. The van der Waals surface area contributed by atoms with E-state index in [1.807, 2.05) is 24.0 Å². The fraction of sp³-hybridized carbons (Fsp3) is 0.583. The molecule has 2 aliphatic heterocycles. The fourth-order valence-electron chi connectivity index (χ4n) is 5.12. The Morgan fingerprint density at radius 1 is 1.10 bits per heavy atom. The second-order valence-corrected chi connectivity index (χ2v) is 9.48. The van der Waals surface area contributed by atoms with Crippen molar-refractivity contribution >= 4 is 34.3 Å². The van der Waals surface area contributed by atoms with E-state index in [-0.39, 0.29) is 18.4 Å². The SMILES string of the molecule is CCN(CC(=O)N1CCC(C2CCN(C)CC2)CC1)C(=O)c1ccc2c(Cl)c[nH]c2c1. The number of carbonyl (C=O) groups excluding carboxylic acids is 2. The molecule has 2 aromatic rings. The smallest absolute Gasteiger partial charge is 0.254 e. The number of H-pyrrole nitrogens is 1. The second-order valence-electron chi connectivity index (χ2n) is 9.08. The van der Waals surface area contributed by atoms with Gasteiger partial charge in [-0.25, -0.2) is 0 Å². The van der Waals surface area contributed by atoms with Crippen LogP contribution in [0.3, 0.4) is 0 Å². The zero-order valence-electron chi connectivity index (χ0n) is 18.6. The molecule has 2 saturated heterocycles. The number of fused-ring (bicyclic) bond motifs is 1. The molecule has 0 spiro atoms. The molecule has 2 amide bonds. The molecule has 0 saturated carbocycles. The normalized spacial score (nSPS) is 19.1. The van der Waals surface area contributed by atoms with Gasteiger partial charge in [-0.2, -0.15) is 0 Å². The molecule has 4 rings (SSSR count). The molecule has 31 heavy (non-hydrogen) atoms. The summed E-state index contributed by atoms with van der Waals surface area (Å²) in [5.74, 6) is 1.48. The Labute approximate surface area is 189 Å². The van der Waals surface area contributed by atoms with Crippen LogP contribution in [-0.4, -0.2) is 77.8 Å². The molecule has 0 radical (unpaired) electrons. The Kier molecular flexibility index (Phi) is 6.87. The lowest BCUT2D eigenvalue weighted by Crippen LogP contribution is -2.47. The van der Waals surface area contributed by atoms with E-state index in [4.69, 9.17) is 11.6 Å². The van der Waals surface area contributed by atoms with Gasteiger partial charge in [0, 0.05) is 42.3 Å². The number of halogens is 1. The van der Waals surface area contributed by atoms with Crippen LogP contribution in [0.5, 0.6) is 0 Å². The van der Waals surface area contributed by atoms with Crippen LogP contribution >= 0.6 is 11.6 Å². The van der Waals surface area contributed by atoms with Crippen molar-refractivity contribution in [3.05, 3.63) is 35.0 Å². The minimum Gasteiger partial charge on any atom is -0.360 e. The molecule has 0 bridgehead atoms. The van der Waals surface area contributed by atoms with Crippen LogP contribution in [0, 0.1) is 11.8 Å². The summed E-state index contributed by atoms with van der Waals surface area (Å²) in [4.78, 5) is 35.1. The number of hydrogen-bond acceptors (Lipinski definition) is 3. The summed E-state index contributed by atoms with van der Waals surface area (Å²) in [5, 5.41) is 1.53. The number of nitrogens with one attached hydrogen (secondary N) is 1. The molecule has 2 aliphatic rings. The zero-order chi connectivity index (χ0) is 22.0. The Morgan fingerprint density at radius 2 is 1.74 bits per heavy atom. The maximum atomic E-state index is 13.0. The molecule has 1 aromatic heterocycles. The first-order valence-corrected chi connectivity index (χ1v) is 11.9. The number of aromatic nitrogens is 1. The van der Waals surface area contributed by atoms with Crippen LogP contribution in [-0.2, 0) is 4.79 Å². The molecular formula is C24H33ClN4O2. The van der Waals surface area contributed by atoms with Crippen LogP contribution in [0.4, 0.5) is 0 Å². The van der Waals surface area contributed by atoms with E-state index in [0.29, 0.717) is 17.1 Å². The van der Waals surface area contributed by atoms with Crippen molar-refractivity contribution in [3.8, 4) is 0 Å². The van der Waals surface area contributed by atoms with Crippen LogP contribution in [0.15, 0.2) is 24.4 Å². The van der Waals surface area contributed by atoms with Gasteiger partial charge in [0.2, 0.25) is 5.91 Å². The number of aromatic amines is 1. The summed E-state index contributed by atoms with van der Waals surface area (Å²) in [7, 11) is 2.20. The molecule has 6 nitrogen and oxygen atoms in total. The molecule has 1 aromatic carbocycles. The average molecular weight is 445 g/mol. The topological polar surface area (TPSA) is 59.7 Å². The van der Waals surface area contributed by atoms with Crippen LogP contribution in [0.1, 0.15) is 43.0 Å². The van der Waals surface area contributed by atoms with Crippen molar-refractivity contribution in [3.63, 3.8) is 0 Å². The van der Waals surface area contributed by atoms with Gasteiger partial charge in [0.05, 0.1) is 5.02 Å². The van der Waals surface area contributed by atoms with Crippen molar-refractivity contribution in [2.75, 3.05) is 46.3 Å². The first-order chi connectivity index (χ1) is 15.0. The van der Waals surface area contributed by atoms with Gasteiger partial charge in [0.25, 0.3) is 5.91 Å². The van der Waals surface area contributed by atoms with Gasteiger partial charge in [0.15, 0.2) is 0 Å². The van der Waals surface area contributed by atoms with Crippen LogP contribution < -0.4 is 0 Å². The van der Waals surface area contributed by atoms with Crippen molar-refractivity contribution in [2.24, 2.45) is 11.8 Å². The number of benzene rings is 1. The third-order valence-corrected chi connectivity index (χ3v) is 7.51.